The Morgan fingerprint density at radius 1 is 1.29 bits per heavy atom. The zero-order valence-electron chi connectivity index (χ0n) is 8.74. The summed E-state index contributed by atoms with van der Waals surface area (Å²) in [5.74, 6) is 0. The summed E-state index contributed by atoms with van der Waals surface area (Å²) in [7, 11) is -4.27. The number of hydrogen-bond donors (Lipinski definition) is 4. The van der Waals surface area contributed by atoms with Gasteiger partial charge in [0.15, 0.2) is 0 Å². The molecule has 5 nitrogen and oxygen atoms in total. The maximum Gasteiger partial charge on any atom is 0.294 e. The van der Waals surface area contributed by atoms with Crippen molar-refractivity contribution in [2.45, 2.75) is 21.9 Å². The predicted molar refractivity (Wildman–Crippen MR) is 67.4 cm³/mol. The minimum atomic E-state index is -4.27. The lowest BCUT2D eigenvalue weighted by Crippen LogP contribution is -2.34. The molecule has 92 valence electrons. The standard InChI is InChI=1S/C10H12N2O3S2/c11-8-2-1-6-7(10(8)12)3-5(4-9(6)16)17(13,14)15/h1-4,8,10,16H,11-12H2,(H,13,14,15). The molecule has 1 aliphatic carbocycles. The van der Waals surface area contributed by atoms with Gasteiger partial charge in [0, 0.05) is 17.0 Å². The Hall–Kier alpha value is -0.860. The van der Waals surface area contributed by atoms with Crippen LogP contribution in [0.15, 0.2) is 28.0 Å². The monoisotopic (exact) mass is 272 g/mol. The fourth-order valence-electron chi connectivity index (χ4n) is 1.77. The van der Waals surface area contributed by atoms with Crippen LogP contribution < -0.4 is 11.5 Å². The Kier molecular flexibility index (Phi) is 3.04. The molecule has 0 spiro atoms. The topological polar surface area (TPSA) is 106 Å². The molecule has 0 aliphatic heterocycles. The summed E-state index contributed by atoms with van der Waals surface area (Å²) < 4.78 is 31.2. The molecule has 0 saturated heterocycles. The molecule has 5 N–H and O–H groups in total. The summed E-state index contributed by atoms with van der Waals surface area (Å²) in [6.45, 7) is 0. The molecule has 0 bridgehead atoms. The van der Waals surface area contributed by atoms with Crippen LogP contribution in [0.25, 0.3) is 6.08 Å². The first-order valence-corrected chi connectivity index (χ1v) is 6.73. The summed E-state index contributed by atoms with van der Waals surface area (Å²) in [6, 6.07) is 1.72. The van der Waals surface area contributed by atoms with Gasteiger partial charge in [0.1, 0.15) is 0 Å². The van der Waals surface area contributed by atoms with E-state index < -0.39 is 16.2 Å². The van der Waals surface area contributed by atoms with E-state index in [9.17, 15) is 8.42 Å². The molecule has 2 unspecified atom stereocenters. The summed E-state index contributed by atoms with van der Waals surface area (Å²) in [4.78, 5) is 0.216. The van der Waals surface area contributed by atoms with Gasteiger partial charge in [0.25, 0.3) is 10.1 Å². The molecule has 1 aromatic rings. The molecule has 0 aromatic heterocycles. The van der Waals surface area contributed by atoms with Gasteiger partial charge in [-0.3, -0.25) is 4.55 Å². The number of thiol groups is 1. The van der Waals surface area contributed by atoms with E-state index in [4.69, 9.17) is 16.0 Å². The highest BCUT2D eigenvalue weighted by atomic mass is 32.2. The van der Waals surface area contributed by atoms with Crippen molar-refractivity contribution in [3.63, 3.8) is 0 Å². The van der Waals surface area contributed by atoms with Crippen molar-refractivity contribution in [2.24, 2.45) is 11.5 Å². The van der Waals surface area contributed by atoms with Gasteiger partial charge >= 0.3 is 0 Å². The summed E-state index contributed by atoms with van der Waals surface area (Å²) in [5.41, 5.74) is 12.9. The van der Waals surface area contributed by atoms with Crippen molar-refractivity contribution in [1.82, 2.24) is 0 Å². The molecule has 0 radical (unpaired) electrons. The molecule has 17 heavy (non-hydrogen) atoms. The minimum absolute atomic E-state index is 0.223. The van der Waals surface area contributed by atoms with Gasteiger partial charge in [-0.05, 0) is 23.3 Å². The second-order valence-electron chi connectivity index (χ2n) is 3.88. The molecule has 0 fully saturated rings. The van der Waals surface area contributed by atoms with Crippen LogP contribution in [0.1, 0.15) is 17.2 Å². The second kappa shape index (κ2) is 4.11. The third-order valence-electron chi connectivity index (χ3n) is 2.72. The highest BCUT2D eigenvalue weighted by molar-refractivity contribution is 7.86. The average molecular weight is 272 g/mol. The molecular weight excluding hydrogens is 260 g/mol. The lowest BCUT2D eigenvalue weighted by molar-refractivity contribution is 0.482. The van der Waals surface area contributed by atoms with Gasteiger partial charge in [-0.25, -0.2) is 0 Å². The van der Waals surface area contributed by atoms with Crippen molar-refractivity contribution < 1.29 is 13.0 Å². The lowest BCUT2D eigenvalue weighted by Gasteiger charge is -2.25. The molecule has 0 saturated carbocycles. The van der Waals surface area contributed by atoms with Crippen molar-refractivity contribution in [2.75, 3.05) is 0 Å². The van der Waals surface area contributed by atoms with Crippen LogP contribution in [-0.4, -0.2) is 19.0 Å². The zero-order valence-corrected chi connectivity index (χ0v) is 10.4. The van der Waals surface area contributed by atoms with Crippen LogP contribution in [0.3, 0.4) is 0 Å². The van der Waals surface area contributed by atoms with Crippen LogP contribution in [-0.2, 0) is 10.1 Å². The van der Waals surface area contributed by atoms with E-state index in [-0.39, 0.29) is 10.9 Å². The zero-order chi connectivity index (χ0) is 12.8. The van der Waals surface area contributed by atoms with Crippen LogP contribution in [0, 0.1) is 0 Å². The van der Waals surface area contributed by atoms with Crippen molar-refractivity contribution in [1.29, 1.82) is 0 Å². The summed E-state index contributed by atoms with van der Waals surface area (Å²) >= 11 is 4.18. The predicted octanol–water partition coefficient (Wildman–Crippen LogP) is 0.576. The molecule has 2 rings (SSSR count). The molecule has 1 aromatic carbocycles. The molecular formula is C10H12N2O3S2. The third-order valence-corrected chi connectivity index (χ3v) is 3.92. The number of benzene rings is 1. The first kappa shape index (κ1) is 12.6. The third kappa shape index (κ3) is 2.24. The van der Waals surface area contributed by atoms with Crippen LogP contribution in [0.2, 0.25) is 0 Å². The van der Waals surface area contributed by atoms with Crippen LogP contribution in [0.5, 0.6) is 0 Å². The van der Waals surface area contributed by atoms with E-state index in [1.807, 2.05) is 0 Å². The van der Waals surface area contributed by atoms with E-state index in [1.54, 1.807) is 12.2 Å². The van der Waals surface area contributed by atoms with Gasteiger partial charge in [-0.1, -0.05) is 12.2 Å². The van der Waals surface area contributed by atoms with Gasteiger partial charge in [0.05, 0.1) is 4.90 Å². The number of hydrogen-bond acceptors (Lipinski definition) is 5. The quantitative estimate of drug-likeness (QED) is 0.442. The second-order valence-corrected chi connectivity index (χ2v) is 5.79. The van der Waals surface area contributed by atoms with Crippen molar-refractivity contribution in [3.8, 4) is 0 Å². The Morgan fingerprint density at radius 3 is 2.53 bits per heavy atom. The maximum absolute atomic E-state index is 11.1. The Labute approximate surface area is 105 Å². The molecule has 2 atom stereocenters. The largest absolute Gasteiger partial charge is 0.323 e. The molecule has 7 heteroatoms. The van der Waals surface area contributed by atoms with Crippen LogP contribution in [0.4, 0.5) is 0 Å². The Balaban J connectivity index is 2.69. The van der Waals surface area contributed by atoms with E-state index in [0.717, 1.165) is 5.56 Å². The fourth-order valence-corrected chi connectivity index (χ4v) is 2.75. The first-order chi connectivity index (χ1) is 7.80. The first-order valence-electron chi connectivity index (χ1n) is 4.84. The summed E-state index contributed by atoms with van der Waals surface area (Å²) in [5, 5.41) is 0. The fraction of sp³-hybridized carbons (Fsp3) is 0.200. The van der Waals surface area contributed by atoms with Crippen molar-refractivity contribution >= 4 is 28.8 Å². The maximum atomic E-state index is 11.1. The average Bonchev–Trinajstić information content (AvgIpc) is 2.22. The van der Waals surface area contributed by atoms with Crippen molar-refractivity contribution in [3.05, 3.63) is 29.3 Å². The molecule has 0 heterocycles. The number of nitrogens with two attached hydrogens (primary N) is 2. The smallest absolute Gasteiger partial charge is 0.294 e. The number of rotatable bonds is 1. The van der Waals surface area contributed by atoms with Gasteiger partial charge in [0.2, 0.25) is 0 Å². The van der Waals surface area contributed by atoms with Gasteiger partial charge in [-0.15, -0.1) is 12.6 Å². The van der Waals surface area contributed by atoms with E-state index in [0.29, 0.717) is 10.5 Å². The Bertz CT molecular complexity index is 596. The number of fused-ring (bicyclic) bond motifs is 1. The molecule has 1 aliphatic rings. The lowest BCUT2D eigenvalue weighted by atomic mass is 9.90. The Morgan fingerprint density at radius 2 is 1.94 bits per heavy atom. The highest BCUT2D eigenvalue weighted by Gasteiger charge is 2.24. The molecule has 0 amide bonds. The van der Waals surface area contributed by atoms with Gasteiger partial charge in [-0.2, -0.15) is 8.42 Å². The van der Waals surface area contributed by atoms with E-state index in [2.05, 4.69) is 12.6 Å². The van der Waals surface area contributed by atoms with Crippen LogP contribution >= 0.6 is 12.6 Å². The summed E-state index contributed by atoms with van der Waals surface area (Å²) in [6.07, 6.45) is 3.49. The highest BCUT2D eigenvalue weighted by Crippen LogP contribution is 2.32. The minimum Gasteiger partial charge on any atom is -0.323 e. The van der Waals surface area contributed by atoms with Gasteiger partial charge < -0.3 is 11.5 Å². The normalized spacial score (nSPS) is 23.5. The SMILES string of the molecule is NC1C=Cc2c(S)cc(S(=O)(=O)O)cc2C1N. The van der Waals surface area contributed by atoms with E-state index >= 15 is 0 Å². The van der Waals surface area contributed by atoms with E-state index in [1.165, 1.54) is 12.1 Å².